The average Bonchev–Trinajstić information content (AvgIpc) is 2.09. The maximum atomic E-state index is 9.17. The molecule has 0 aromatic carbocycles. The Bertz CT molecular complexity index is 185. The molecule has 2 nitrogen and oxygen atoms in total. The number of aliphatic hydroxyl groups excluding tert-OH is 1. The number of hydrogen-bond donors (Lipinski definition) is 1. The van der Waals surface area contributed by atoms with Crippen molar-refractivity contribution in [2.45, 2.75) is 19.8 Å². The second-order valence-electron chi connectivity index (χ2n) is 4.26. The predicted octanol–water partition coefficient (Wildman–Crippen LogP) is 1.99. The average molecular weight is 248 g/mol. The number of halogens is 1. The Hall–Kier alpha value is 0.140. The van der Waals surface area contributed by atoms with Crippen molar-refractivity contribution in [1.29, 1.82) is 0 Å². The number of aliphatic hydroxyl groups is 1. The van der Waals surface area contributed by atoms with Crippen molar-refractivity contribution in [2.75, 3.05) is 26.2 Å². The molecule has 1 rings (SSSR count). The summed E-state index contributed by atoms with van der Waals surface area (Å²) in [6, 6.07) is 0. The molecule has 0 spiro atoms. The molecule has 13 heavy (non-hydrogen) atoms. The lowest BCUT2D eigenvalue weighted by Crippen LogP contribution is -2.40. The molecule has 1 saturated heterocycles. The highest BCUT2D eigenvalue weighted by molar-refractivity contribution is 9.11. The lowest BCUT2D eigenvalue weighted by atomic mass is 9.81. The summed E-state index contributed by atoms with van der Waals surface area (Å²) in [5, 5.41) is 9.17. The smallest absolute Gasteiger partial charge is 0.0485 e. The standard InChI is InChI=1S/C10H18BrNO/c1-9(11)7-12-5-3-10(2,8-13)4-6-12/h13H,1,3-8H2,2H3. The van der Waals surface area contributed by atoms with E-state index in [1.54, 1.807) is 0 Å². The Labute approximate surface area is 88.7 Å². The van der Waals surface area contributed by atoms with E-state index < -0.39 is 0 Å². The summed E-state index contributed by atoms with van der Waals surface area (Å²) < 4.78 is 1.04. The summed E-state index contributed by atoms with van der Waals surface area (Å²) in [6.45, 7) is 9.38. The van der Waals surface area contributed by atoms with E-state index in [4.69, 9.17) is 0 Å². The second kappa shape index (κ2) is 4.58. The van der Waals surface area contributed by atoms with Gasteiger partial charge in [-0.1, -0.05) is 29.4 Å². The number of likely N-dealkylation sites (tertiary alicyclic amines) is 1. The summed E-state index contributed by atoms with van der Waals surface area (Å²) in [5.41, 5.74) is 0.157. The lowest BCUT2D eigenvalue weighted by Gasteiger charge is -2.38. The number of piperidine rings is 1. The highest BCUT2D eigenvalue weighted by Gasteiger charge is 2.28. The van der Waals surface area contributed by atoms with Gasteiger partial charge in [0.2, 0.25) is 0 Å². The van der Waals surface area contributed by atoms with Gasteiger partial charge in [0, 0.05) is 17.6 Å². The molecule has 0 saturated carbocycles. The molecule has 3 heteroatoms. The van der Waals surface area contributed by atoms with Gasteiger partial charge >= 0.3 is 0 Å². The van der Waals surface area contributed by atoms with Crippen molar-refractivity contribution < 1.29 is 5.11 Å². The van der Waals surface area contributed by atoms with Crippen molar-refractivity contribution >= 4 is 15.9 Å². The van der Waals surface area contributed by atoms with Crippen LogP contribution in [0.5, 0.6) is 0 Å². The first-order chi connectivity index (χ1) is 6.06. The van der Waals surface area contributed by atoms with Crippen LogP contribution in [0.4, 0.5) is 0 Å². The maximum Gasteiger partial charge on any atom is 0.0485 e. The van der Waals surface area contributed by atoms with E-state index in [2.05, 4.69) is 34.3 Å². The lowest BCUT2D eigenvalue weighted by molar-refractivity contribution is 0.0632. The zero-order valence-electron chi connectivity index (χ0n) is 8.22. The van der Waals surface area contributed by atoms with E-state index in [-0.39, 0.29) is 5.41 Å². The fourth-order valence-corrected chi connectivity index (χ4v) is 2.01. The molecule has 0 aromatic rings. The van der Waals surface area contributed by atoms with Crippen molar-refractivity contribution in [3.05, 3.63) is 11.1 Å². The number of rotatable bonds is 3. The Kier molecular flexibility index (Phi) is 3.95. The quantitative estimate of drug-likeness (QED) is 0.825. The molecule has 1 heterocycles. The van der Waals surface area contributed by atoms with E-state index in [0.29, 0.717) is 6.61 Å². The van der Waals surface area contributed by atoms with Crippen molar-refractivity contribution in [3.63, 3.8) is 0 Å². The van der Waals surface area contributed by atoms with Crippen molar-refractivity contribution in [2.24, 2.45) is 5.41 Å². The molecule has 0 amide bonds. The minimum atomic E-state index is 0.157. The molecule has 0 unspecified atom stereocenters. The summed E-state index contributed by atoms with van der Waals surface area (Å²) in [6.07, 6.45) is 2.17. The topological polar surface area (TPSA) is 23.5 Å². The van der Waals surface area contributed by atoms with E-state index in [0.717, 1.165) is 37.0 Å². The van der Waals surface area contributed by atoms with E-state index in [1.807, 2.05) is 0 Å². The molecular formula is C10H18BrNO. The van der Waals surface area contributed by atoms with Gasteiger partial charge in [-0.25, -0.2) is 0 Å². The van der Waals surface area contributed by atoms with Crippen LogP contribution in [0.2, 0.25) is 0 Å². The molecule has 1 aliphatic rings. The van der Waals surface area contributed by atoms with Gasteiger partial charge in [0.25, 0.3) is 0 Å². The largest absolute Gasteiger partial charge is 0.396 e. The van der Waals surface area contributed by atoms with Crippen LogP contribution in [0.25, 0.3) is 0 Å². The molecule has 1 N–H and O–H groups in total. The number of hydrogen-bond acceptors (Lipinski definition) is 2. The van der Waals surface area contributed by atoms with Crippen LogP contribution in [0, 0.1) is 5.41 Å². The van der Waals surface area contributed by atoms with Crippen LogP contribution < -0.4 is 0 Å². The van der Waals surface area contributed by atoms with Gasteiger partial charge in [-0.2, -0.15) is 0 Å². The molecule has 0 radical (unpaired) electrons. The van der Waals surface area contributed by atoms with E-state index >= 15 is 0 Å². The Morgan fingerprint density at radius 2 is 2.08 bits per heavy atom. The summed E-state index contributed by atoms with van der Waals surface area (Å²) >= 11 is 3.37. The van der Waals surface area contributed by atoms with Gasteiger partial charge < -0.3 is 5.11 Å². The van der Waals surface area contributed by atoms with Crippen molar-refractivity contribution in [1.82, 2.24) is 4.90 Å². The van der Waals surface area contributed by atoms with Crippen LogP contribution >= 0.6 is 15.9 Å². The monoisotopic (exact) mass is 247 g/mol. The third-order valence-electron chi connectivity index (χ3n) is 2.84. The van der Waals surface area contributed by atoms with Crippen LogP contribution in [0.1, 0.15) is 19.8 Å². The zero-order chi connectivity index (χ0) is 9.90. The maximum absolute atomic E-state index is 9.17. The molecule has 0 atom stereocenters. The first kappa shape index (κ1) is 11.2. The third kappa shape index (κ3) is 3.41. The van der Waals surface area contributed by atoms with Crippen LogP contribution in [-0.4, -0.2) is 36.2 Å². The summed E-state index contributed by atoms with van der Waals surface area (Å²) in [7, 11) is 0. The highest BCUT2D eigenvalue weighted by atomic mass is 79.9. The molecular weight excluding hydrogens is 230 g/mol. The molecule has 0 aromatic heterocycles. The Balaban J connectivity index is 2.34. The van der Waals surface area contributed by atoms with Gasteiger partial charge in [0.15, 0.2) is 0 Å². The van der Waals surface area contributed by atoms with Crippen LogP contribution in [0.3, 0.4) is 0 Å². The normalized spacial score (nSPS) is 23.0. The first-order valence-electron chi connectivity index (χ1n) is 4.72. The third-order valence-corrected chi connectivity index (χ3v) is 3.09. The van der Waals surface area contributed by atoms with Gasteiger partial charge in [0.05, 0.1) is 0 Å². The van der Waals surface area contributed by atoms with Gasteiger partial charge in [-0.3, -0.25) is 4.90 Å². The summed E-state index contributed by atoms with van der Waals surface area (Å²) in [4.78, 5) is 2.37. The molecule has 1 aliphatic heterocycles. The SMILES string of the molecule is C=C(Br)CN1CCC(C)(CO)CC1. The summed E-state index contributed by atoms with van der Waals surface area (Å²) in [5.74, 6) is 0. The molecule has 0 bridgehead atoms. The predicted molar refractivity (Wildman–Crippen MR) is 58.9 cm³/mol. The minimum Gasteiger partial charge on any atom is -0.396 e. The van der Waals surface area contributed by atoms with Crippen LogP contribution in [0.15, 0.2) is 11.1 Å². The zero-order valence-corrected chi connectivity index (χ0v) is 9.81. The Morgan fingerprint density at radius 3 is 2.46 bits per heavy atom. The van der Waals surface area contributed by atoms with Crippen LogP contribution in [-0.2, 0) is 0 Å². The fraction of sp³-hybridized carbons (Fsp3) is 0.800. The van der Waals surface area contributed by atoms with Gasteiger partial charge in [-0.05, 0) is 31.3 Å². The second-order valence-corrected chi connectivity index (χ2v) is 5.38. The van der Waals surface area contributed by atoms with Crippen molar-refractivity contribution in [3.8, 4) is 0 Å². The highest BCUT2D eigenvalue weighted by Crippen LogP contribution is 2.30. The molecule has 0 aliphatic carbocycles. The molecule has 76 valence electrons. The molecule has 1 fully saturated rings. The van der Waals surface area contributed by atoms with E-state index in [9.17, 15) is 5.11 Å². The minimum absolute atomic E-state index is 0.157. The fourth-order valence-electron chi connectivity index (χ4n) is 1.65. The number of nitrogens with zero attached hydrogens (tertiary/aromatic N) is 1. The van der Waals surface area contributed by atoms with Gasteiger partial charge in [-0.15, -0.1) is 0 Å². The van der Waals surface area contributed by atoms with E-state index in [1.165, 1.54) is 0 Å². The first-order valence-corrected chi connectivity index (χ1v) is 5.51. The van der Waals surface area contributed by atoms with Gasteiger partial charge in [0.1, 0.15) is 0 Å². The Morgan fingerprint density at radius 1 is 1.54 bits per heavy atom.